The molecular formula is C28H47N3O5. The highest BCUT2D eigenvalue weighted by Gasteiger charge is 2.38. The number of aryl methyl sites for hydroxylation is 1. The smallest absolute Gasteiger partial charge is 0.408 e. The second-order valence-electron chi connectivity index (χ2n) is 11.1. The van der Waals surface area contributed by atoms with Gasteiger partial charge in [-0.2, -0.15) is 0 Å². The summed E-state index contributed by atoms with van der Waals surface area (Å²) in [6.45, 7) is 16.4. The highest BCUT2D eigenvalue weighted by molar-refractivity contribution is 5.92. The maximum Gasteiger partial charge on any atom is 0.408 e. The van der Waals surface area contributed by atoms with Crippen LogP contribution in [0.25, 0.3) is 0 Å². The van der Waals surface area contributed by atoms with Crippen molar-refractivity contribution in [3.05, 3.63) is 35.4 Å². The number of hydrogen-bond acceptors (Lipinski definition) is 5. The first-order chi connectivity index (χ1) is 16.7. The SMILES string of the molecule is CCc1ccc(C(C(=O)NC(C)C)N(C(=O)C(CO)NC(=O)OC(C)(C)C)C(C)CCC(C)C)cc1. The lowest BCUT2D eigenvalue weighted by atomic mass is 9.96. The van der Waals surface area contributed by atoms with E-state index in [1.165, 1.54) is 4.90 Å². The Bertz CT molecular complexity index is 846. The van der Waals surface area contributed by atoms with Crippen molar-refractivity contribution in [1.82, 2.24) is 15.5 Å². The van der Waals surface area contributed by atoms with Crippen molar-refractivity contribution in [2.75, 3.05) is 6.61 Å². The molecule has 0 spiro atoms. The molecule has 8 heteroatoms. The van der Waals surface area contributed by atoms with Gasteiger partial charge in [0.15, 0.2) is 0 Å². The fraction of sp³-hybridized carbons (Fsp3) is 0.679. The van der Waals surface area contributed by atoms with E-state index in [2.05, 4.69) is 31.4 Å². The number of aliphatic hydroxyl groups excluding tert-OH is 1. The van der Waals surface area contributed by atoms with Gasteiger partial charge in [0, 0.05) is 12.1 Å². The highest BCUT2D eigenvalue weighted by Crippen LogP contribution is 2.28. The van der Waals surface area contributed by atoms with E-state index in [0.717, 1.165) is 18.4 Å². The molecule has 3 unspecified atom stereocenters. The molecule has 0 aromatic heterocycles. The molecule has 3 N–H and O–H groups in total. The van der Waals surface area contributed by atoms with Crippen LogP contribution < -0.4 is 10.6 Å². The van der Waals surface area contributed by atoms with E-state index in [0.29, 0.717) is 17.9 Å². The van der Waals surface area contributed by atoms with Gasteiger partial charge in [-0.3, -0.25) is 9.59 Å². The summed E-state index contributed by atoms with van der Waals surface area (Å²) in [6, 6.07) is 4.99. The van der Waals surface area contributed by atoms with Crippen LogP contribution in [0.2, 0.25) is 0 Å². The number of hydrogen-bond donors (Lipinski definition) is 3. The molecule has 1 aromatic carbocycles. The Morgan fingerprint density at radius 1 is 0.972 bits per heavy atom. The van der Waals surface area contributed by atoms with Gasteiger partial charge < -0.3 is 25.4 Å². The first-order valence-electron chi connectivity index (χ1n) is 13.0. The van der Waals surface area contributed by atoms with Gasteiger partial charge in [-0.1, -0.05) is 45.0 Å². The second-order valence-corrected chi connectivity index (χ2v) is 11.1. The maximum absolute atomic E-state index is 13.9. The zero-order valence-corrected chi connectivity index (χ0v) is 23.6. The maximum atomic E-state index is 13.9. The highest BCUT2D eigenvalue weighted by atomic mass is 16.6. The van der Waals surface area contributed by atoms with Crippen molar-refractivity contribution < 1.29 is 24.2 Å². The summed E-state index contributed by atoms with van der Waals surface area (Å²) in [5, 5.41) is 15.5. The van der Waals surface area contributed by atoms with Gasteiger partial charge >= 0.3 is 6.09 Å². The predicted molar refractivity (Wildman–Crippen MR) is 142 cm³/mol. The lowest BCUT2D eigenvalue weighted by Gasteiger charge is -2.38. The third kappa shape index (κ3) is 10.2. The Morgan fingerprint density at radius 2 is 1.56 bits per heavy atom. The summed E-state index contributed by atoms with van der Waals surface area (Å²) in [5.74, 6) is -0.444. The van der Waals surface area contributed by atoms with Crippen molar-refractivity contribution in [1.29, 1.82) is 0 Å². The number of alkyl carbamates (subject to hydrolysis) is 1. The Labute approximate surface area is 217 Å². The summed E-state index contributed by atoms with van der Waals surface area (Å²) in [5.41, 5.74) is 1.02. The molecule has 3 amide bonds. The first kappa shape index (κ1) is 31.4. The summed E-state index contributed by atoms with van der Waals surface area (Å²) >= 11 is 0. The number of rotatable bonds is 12. The molecule has 0 bridgehead atoms. The van der Waals surface area contributed by atoms with E-state index < -0.39 is 36.3 Å². The Morgan fingerprint density at radius 3 is 2.00 bits per heavy atom. The van der Waals surface area contributed by atoms with Crippen molar-refractivity contribution in [2.24, 2.45) is 5.92 Å². The van der Waals surface area contributed by atoms with E-state index in [4.69, 9.17) is 4.74 Å². The molecule has 3 atom stereocenters. The zero-order valence-electron chi connectivity index (χ0n) is 23.6. The molecular weight excluding hydrogens is 458 g/mol. The minimum atomic E-state index is -1.26. The number of ether oxygens (including phenoxy) is 1. The number of nitrogens with one attached hydrogen (secondary N) is 2. The van der Waals surface area contributed by atoms with Crippen molar-refractivity contribution in [2.45, 2.75) is 111 Å². The van der Waals surface area contributed by atoms with E-state index in [9.17, 15) is 19.5 Å². The zero-order chi connectivity index (χ0) is 27.6. The van der Waals surface area contributed by atoms with Crippen LogP contribution in [0.4, 0.5) is 4.79 Å². The summed E-state index contributed by atoms with van der Waals surface area (Å²) in [4.78, 5) is 41.4. The van der Waals surface area contributed by atoms with Crippen LogP contribution in [0.5, 0.6) is 0 Å². The van der Waals surface area contributed by atoms with Gasteiger partial charge in [-0.05, 0) is 77.8 Å². The van der Waals surface area contributed by atoms with Crippen LogP contribution in [0.15, 0.2) is 24.3 Å². The molecule has 0 saturated heterocycles. The molecule has 8 nitrogen and oxygen atoms in total. The fourth-order valence-electron chi connectivity index (χ4n) is 3.87. The van der Waals surface area contributed by atoms with E-state index >= 15 is 0 Å². The van der Waals surface area contributed by atoms with E-state index in [1.54, 1.807) is 20.8 Å². The number of amides is 3. The largest absolute Gasteiger partial charge is 0.444 e. The van der Waals surface area contributed by atoms with E-state index in [1.807, 2.05) is 45.0 Å². The molecule has 1 rings (SSSR count). The summed E-state index contributed by atoms with van der Waals surface area (Å²) in [6.07, 6.45) is 1.55. The molecule has 0 aliphatic rings. The van der Waals surface area contributed by atoms with Crippen LogP contribution in [-0.2, 0) is 20.7 Å². The monoisotopic (exact) mass is 505 g/mol. The molecule has 36 heavy (non-hydrogen) atoms. The quantitative estimate of drug-likeness (QED) is 0.391. The minimum absolute atomic E-state index is 0.133. The predicted octanol–water partition coefficient (Wildman–Crippen LogP) is 4.35. The first-order valence-corrected chi connectivity index (χ1v) is 13.0. The topological polar surface area (TPSA) is 108 Å². The van der Waals surface area contributed by atoms with Gasteiger partial charge in [0.1, 0.15) is 17.7 Å². The van der Waals surface area contributed by atoms with E-state index in [-0.39, 0.29) is 18.0 Å². The van der Waals surface area contributed by atoms with Crippen LogP contribution in [-0.4, -0.2) is 58.2 Å². The Kier molecular flexibility index (Phi) is 12.4. The van der Waals surface area contributed by atoms with Crippen molar-refractivity contribution in [3.8, 4) is 0 Å². The molecule has 0 saturated carbocycles. The molecule has 204 valence electrons. The molecule has 0 fully saturated rings. The van der Waals surface area contributed by atoms with Gasteiger partial charge in [-0.15, -0.1) is 0 Å². The molecule has 0 aliphatic carbocycles. The lowest BCUT2D eigenvalue weighted by molar-refractivity contribution is -0.146. The third-order valence-corrected chi connectivity index (χ3v) is 5.72. The van der Waals surface area contributed by atoms with Crippen LogP contribution >= 0.6 is 0 Å². The summed E-state index contributed by atoms with van der Waals surface area (Å²) < 4.78 is 5.30. The van der Waals surface area contributed by atoms with Gasteiger partial charge in [0.2, 0.25) is 11.8 Å². The van der Waals surface area contributed by atoms with Gasteiger partial charge in [-0.25, -0.2) is 4.79 Å². The van der Waals surface area contributed by atoms with Crippen LogP contribution in [0, 0.1) is 5.92 Å². The number of carbonyl (C=O) groups is 3. The Hall–Kier alpha value is -2.61. The number of benzene rings is 1. The van der Waals surface area contributed by atoms with Crippen LogP contribution in [0.3, 0.4) is 0 Å². The van der Waals surface area contributed by atoms with Crippen molar-refractivity contribution >= 4 is 17.9 Å². The normalized spacial score (nSPS) is 14.2. The van der Waals surface area contributed by atoms with Gasteiger partial charge in [0.05, 0.1) is 6.61 Å². The van der Waals surface area contributed by atoms with Crippen LogP contribution in [0.1, 0.15) is 92.3 Å². The number of carbonyl (C=O) groups excluding carboxylic acids is 3. The average Bonchev–Trinajstić information content (AvgIpc) is 2.77. The van der Waals surface area contributed by atoms with Gasteiger partial charge in [0.25, 0.3) is 0 Å². The Balaban J connectivity index is 3.51. The standard InChI is InChI=1S/C28H47N3O5/c1-10-21-13-15-22(16-14-21)24(25(33)29-19(4)5)31(20(6)12-11-18(2)3)26(34)23(17-32)30-27(35)36-28(7,8)9/h13-16,18-20,23-24,32H,10-12,17H2,1-9H3,(H,29,33)(H,30,35). The molecule has 1 aromatic rings. The number of nitrogens with zero attached hydrogens (tertiary/aromatic N) is 1. The minimum Gasteiger partial charge on any atom is -0.444 e. The third-order valence-electron chi connectivity index (χ3n) is 5.72. The summed E-state index contributed by atoms with van der Waals surface area (Å²) in [7, 11) is 0. The molecule has 0 radical (unpaired) electrons. The number of aliphatic hydroxyl groups is 1. The molecule has 0 heterocycles. The molecule has 0 aliphatic heterocycles. The second kappa shape index (κ2) is 14.2. The fourth-order valence-corrected chi connectivity index (χ4v) is 3.87. The average molecular weight is 506 g/mol. The lowest BCUT2D eigenvalue weighted by Crippen LogP contribution is -2.57. The van der Waals surface area contributed by atoms with Crippen molar-refractivity contribution in [3.63, 3.8) is 0 Å².